The molecule has 1 aliphatic carbocycles. The first-order valence-corrected chi connectivity index (χ1v) is 14.6. The molecule has 1 atom stereocenters. The highest BCUT2D eigenvalue weighted by molar-refractivity contribution is 5.93. The predicted octanol–water partition coefficient (Wildman–Crippen LogP) is 4.77. The Kier molecular flexibility index (Phi) is 10.1. The van der Waals surface area contributed by atoms with Gasteiger partial charge in [-0.25, -0.2) is 19.3 Å². The summed E-state index contributed by atoms with van der Waals surface area (Å²) in [5.41, 5.74) is 0.711. The molecule has 1 aromatic heterocycles. The number of carbonyl (C=O) groups is 2. The van der Waals surface area contributed by atoms with Crippen LogP contribution in [0.5, 0.6) is 0 Å². The van der Waals surface area contributed by atoms with E-state index in [0.29, 0.717) is 17.5 Å². The molecule has 0 radical (unpaired) electrons. The molecule has 1 aliphatic heterocycles. The maximum atomic E-state index is 13.6. The molecule has 2 aromatic carbocycles. The summed E-state index contributed by atoms with van der Waals surface area (Å²) in [6.45, 7) is 3.33. The molecule has 14 heteroatoms. The number of rotatable bonds is 9. The van der Waals surface area contributed by atoms with Gasteiger partial charge in [0.1, 0.15) is 6.04 Å². The van der Waals surface area contributed by atoms with Crippen LogP contribution in [0.4, 0.5) is 24.8 Å². The summed E-state index contributed by atoms with van der Waals surface area (Å²) >= 11 is 0. The van der Waals surface area contributed by atoms with Gasteiger partial charge in [-0.15, -0.1) is 5.10 Å². The van der Waals surface area contributed by atoms with Crippen LogP contribution in [0.3, 0.4) is 0 Å². The van der Waals surface area contributed by atoms with Gasteiger partial charge in [0.2, 0.25) is 5.95 Å². The molecule has 244 valence electrons. The maximum Gasteiger partial charge on any atom is 0.416 e. The van der Waals surface area contributed by atoms with E-state index in [1.54, 1.807) is 25.1 Å². The van der Waals surface area contributed by atoms with Crippen LogP contribution in [-0.4, -0.2) is 71.1 Å². The standard InChI is InChI=1S/C31H33F3N6O3.CH2O2/c1-19-26(28(41)43-4)27(25-13-12-21(17-35)15-22(25)7-6-14-40(2,3)18-20-10-11-20)39-29(36-37-30(39)42)38(19)24-9-5-8-23(16-24)31(32,33)34;2-1-3/h5,8-9,12-13,15-16,20,27H,6-7,10-11,14,18H2,1-4H3;1H,(H,2,3)/p+1/t27-;/m1./s1. The zero-order chi connectivity index (χ0) is 33.8. The van der Waals surface area contributed by atoms with Crippen molar-refractivity contribution in [2.75, 3.05) is 39.2 Å². The van der Waals surface area contributed by atoms with Crippen molar-refractivity contribution in [1.29, 1.82) is 5.26 Å². The lowest BCUT2D eigenvalue weighted by Crippen LogP contribution is -2.42. The number of halogens is 3. The number of ether oxygens (including phenoxy) is 1. The Labute approximate surface area is 263 Å². The number of aromatic nitrogens is 3. The van der Waals surface area contributed by atoms with Gasteiger partial charge in [-0.2, -0.15) is 18.4 Å². The Bertz CT molecular complexity index is 1730. The highest BCUT2D eigenvalue weighted by Gasteiger charge is 2.41. The van der Waals surface area contributed by atoms with Crippen molar-refractivity contribution in [2.24, 2.45) is 5.92 Å². The van der Waals surface area contributed by atoms with Gasteiger partial charge in [-0.1, -0.05) is 12.1 Å². The van der Waals surface area contributed by atoms with Crippen LogP contribution in [0.25, 0.3) is 0 Å². The van der Waals surface area contributed by atoms with Gasteiger partial charge < -0.3 is 14.3 Å². The van der Waals surface area contributed by atoms with Crippen LogP contribution in [-0.2, 0) is 26.9 Å². The number of methoxy groups -OCH3 is 1. The molecular formula is C32H36F3N6O5+. The molecule has 1 saturated carbocycles. The van der Waals surface area contributed by atoms with Gasteiger partial charge >= 0.3 is 17.8 Å². The quantitative estimate of drug-likeness (QED) is 0.193. The lowest BCUT2D eigenvalue weighted by atomic mass is 9.88. The van der Waals surface area contributed by atoms with Crippen molar-refractivity contribution in [3.8, 4) is 6.07 Å². The van der Waals surface area contributed by atoms with Gasteiger partial charge in [-0.3, -0.25) is 9.69 Å². The van der Waals surface area contributed by atoms with E-state index < -0.39 is 29.4 Å². The van der Waals surface area contributed by atoms with Crippen molar-refractivity contribution in [1.82, 2.24) is 14.8 Å². The monoisotopic (exact) mass is 641 g/mol. The third-order valence-electron chi connectivity index (χ3n) is 8.21. The minimum Gasteiger partial charge on any atom is -0.483 e. The average Bonchev–Trinajstić information content (AvgIpc) is 3.73. The van der Waals surface area contributed by atoms with Crippen LogP contribution in [0.2, 0.25) is 0 Å². The fourth-order valence-electron chi connectivity index (χ4n) is 6.03. The van der Waals surface area contributed by atoms with E-state index in [1.807, 2.05) is 0 Å². The molecular weight excluding hydrogens is 605 g/mol. The van der Waals surface area contributed by atoms with E-state index in [4.69, 9.17) is 14.6 Å². The maximum absolute atomic E-state index is 13.6. The number of allylic oxidation sites excluding steroid dienone is 1. The van der Waals surface area contributed by atoms with Crippen LogP contribution < -0.4 is 10.6 Å². The average molecular weight is 642 g/mol. The summed E-state index contributed by atoms with van der Waals surface area (Å²) in [5.74, 6) is 0.0457. The summed E-state index contributed by atoms with van der Waals surface area (Å²) in [6, 6.07) is 10.9. The number of hydrogen-bond donors (Lipinski definition) is 2. The number of anilines is 2. The van der Waals surface area contributed by atoms with Gasteiger partial charge in [0, 0.05) is 23.7 Å². The fourth-order valence-corrected chi connectivity index (χ4v) is 6.03. The van der Waals surface area contributed by atoms with E-state index in [0.717, 1.165) is 47.6 Å². The number of nitrogens with zero attached hydrogens (tertiary/aromatic N) is 5. The largest absolute Gasteiger partial charge is 0.483 e. The van der Waals surface area contributed by atoms with E-state index in [2.05, 4.69) is 30.4 Å². The molecule has 3 aromatic rings. The van der Waals surface area contributed by atoms with Gasteiger partial charge in [-0.05, 0) is 67.6 Å². The SMILES string of the molecule is COC(=O)C1=C(C)N(c2cccc(C(F)(F)F)c2)c2n[nH]c(=O)n2[C@@H]1c1ccc(C#N)cc1CCC[N+](C)(C)CC1CC1.O=CO. The number of carboxylic acid groups (broad SMARTS) is 1. The number of aryl methyl sites for hydroxylation is 1. The molecule has 0 saturated heterocycles. The lowest BCUT2D eigenvalue weighted by Gasteiger charge is -2.36. The second-order valence-corrected chi connectivity index (χ2v) is 12.0. The normalized spacial score (nSPS) is 16.2. The van der Waals surface area contributed by atoms with Crippen LogP contribution >= 0.6 is 0 Å². The van der Waals surface area contributed by atoms with Crippen molar-refractivity contribution < 1.29 is 37.1 Å². The predicted molar refractivity (Wildman–Crippen MR) is 162 cm³/mol. The number of alkyl halides is 3. The Morgan fingerprint density at radius 3 is 2.54 bits per heavy atom. The first-order chi connectivity index (χ1) is 21.8. The van der Waals surface area contributed by atoms with Crippen LogP contribution in [0, 0.1) is 17.2 Å². The third-order valence-corrected chi connectivity index (χ3v) is 8.21. The summed E-state index contributed by atoms with van der Waals surface area (Å²) < 4.78 is 48.1. The van der Waals surface area contributed by atoms with Crippen LogP contribution in [0.15, 0.2) is 58.5 Å². The highest BCUT2D eigenvalue weighted by Crippen LogP contribution is 2.43. The Morgan fingerprint density at radius 2 is 1.93 bits per heavy atom. The van der Waals surface area contributed by atoms with Gasteiger partial charge in [0.15, 0.2) is 0 Å². The number of nitrogens with one attached hydrogen (secondary N) is 1. The molecule has 46 heavy (non-hydrogen) atoms. The van der Waals surface area contributed by atoms with E-state index in [1.165, 1.54) is 41.6 Å². The zero-order valence-electron chi connectivity index (χ0n) is 26.0. The number of quaternary nitrogens is 1. The molecule has 0 spiro atoms. The Hall–Kier alpha value is -4.90. The molecule has 1 fully saturated rings. The second kappa shape index (κ2) is 13.6. The Morgan fingerprint density at radius 1 is 1.24 bits per heavy atom. The Balaban J connectivity index is 0.00000154. The number of benzene rings is 2. The molecule has 0 bridgehead atoms. The van der Waals surface area contributed by atoms with Crippen molar-refractivity contribution in [2.45, 2.75) is 44.8 Å². The summed E-state index contributed by atoms with van der Waals surface area (Å²) in [4.78, 5) is 36.4. The molecule has 5 rings (SSSR count). The number of hydrogen-bond acceptors (Lipinski definition) is 7. The van der Waals surface area contributed by atoms with E-state index >= 15 is 0 Å². The number of H-pyrrole nitrogens is 1. The molecule has 11 nitrogen and oxygen atoms in total. The lowest BCUT2D eigenvalue weighted by molar-refractivity contribution is -0.892. The van der Waals surface area contributed by atoms with Gasteiger partial charge in [0.05, 0.1) is 57.1 Å². The topological polar surface area (TPSA) is 141 Å². The number of nitriles is 1. The molecule has 2 heterocycles. The molecule has 0 amide bonds. The first kappa shape index (κ1) is 34.0. The summed E-state index contributed by atoms with van der Waals surface area (Å²) in [7, 11) is 5.61. The second-order valence-electron chi connectivity index (χ2n) is 12.0. The highest BCUT2D eigenvalue weighted by atomic mass is 19.4. The van der Waals surface area contributed by atoms with Crippen LogP contribution in [0.1, 0.15) is 54.5 Å². The molecule has 0 unspecified atom stereocenters. The number of aromatic amines is 1. The summed E-state index contributed by atoms with van der Waals surface area (Å²) in [6.07, 6.45) is -0.696. The minimum atomic E-state index is -4.61. The first-order valence-electron chi connectivity index (χ1n) is 14.6. The van der Waals surface area contributed by atoms with Crippen molar-refractivity contribution in [3.63, 3.8) is 0 Å². The van der Waals surface area contributed by atoms with Crippen molar-refractivity contribution >= 4 is 24.1 Å². The third kappa shape index (κ3) is 7.31. The zero-order valence-corrected chi connectivity index (χ0v) is 26.0. The van der Waals surface area contributed by atoms with E-state index in [-0.39, 0.29) is 29.4 Å². The van der Waals surface area contributed by atoms with Crippen molar-refractivity contribution in [3.05, 3.63) is 86.5 Å². The minimum absolute atomic E-state index is 0.0250. The molecule has 2 N–H and O–H groups in total. The number of esters is 1. The smallest absolute Gasteiger partial charge is 0.416 e. The van der Waals surface area contributed by atoms with E-state index in [9.17, 15) is 28.0 Å². The molecule has 2 aliphatic rings. The fraction of sp³-hybridized carbons (Fsp3) is 0.406. The number of fused-ring (bicyclic) bond motifs is 1. The number of carbonyl (C=O) groups excluding carboxylic acids is 1. The summed E-state index contributed by atoms with van der Waals surface area (Å²) in [5, 5.41) is 23.1. The van der Waals surface area contributed by atoms with Gasteiger partial charge in [0.25, 0.3) is 6.47 Å².